The van der Waals surface area contributed by atoms with E-state index in [1.165, 1.54) is 10.9 Å². The van der Waals surface area contributed by atoms with Crippen molar-refractivity contribution in [3.05, 3.63) is 101 Å². The van der Waals surface area contributed by atoms with E-state index in [2.05, 4.69) is 47.9 Å². The average Bonchev–Trinajstić information content (AvgIpc) is 3.56. The molecule has 0 aliphatic heterocycles. The summed E-state index contributed by atoms with van der Waals surface area (Å²) < 4.78 is 2.18. The summed E-state index contributed by atoms with van der Waals surface area (Å²) in [7, 11) is 0. The summed E-state index contributed by atoms with van der Waals surface area (Å²) >= 11 is 6.20. The smallest absolute Gasteiger partial charge is 0.150 e. The minimum absolute atomic E-state index is 0.267. The zero-order valence-corrected chi connectivity index (χ0v) is 19.0. The fraction of sp³-hybridized carbons (Fsp3) is 0.240. The number of halogens is 1. The summed E-state index contributed by atoms with van der Waals surface area (Å²) in [6, 6.07) is 15.9. The number of aromatic amines is 2. The molecule has 1 atom stereocenters. The number of nitrogens with one attached hydrogen (secondary N) is 2. The van der Waals surface area contributed by atoms with Crippen molar-refractivity contribution in [1.29, 1.82) is 0 Å². The number of rotatable bonds is 9. The van der Waals surface area contributed by atoms with Crippen molar-refractivity contribution >= 4 is 22.5 Å². The van der Waals surface area contributed by atoms with Crippen LogP contribution in [0.15, 0.2) is 67.3 Å². The van der Waals surface area contributed by atoms with Gasteiger partial charge in [-0.15, -0.1) is 10.2 Å². The molecule has 0 fully saturated rings. The molecule has 0 radical (unpaired) electrons. The topological polar surface area (TPSA) is 101 Å². The first-order valence-corrected chi connectivity index (χ1v) is 11.5. The van der Waals surface area contributed by atoms with Crippen LogP contribution in [-0.2, 0) is 25.8 Å². The number of H-pyrrole nitrogens is 2. The lowest BCUT2D eigenvalue weighted by molar-refractivity contribution is 0.548. The molecular weight excluding hydrogens is 434 g/mol. The Bertz CT molecular complexity index is 1340. The Labute approximate surface area is 197 Å². The van der Waals surface area contributed by atoms with Crippen molar-refractivity contribution in [2.75, 3.05) is 0 Å². The fourth-order valence-electron chi connectivity index (χ4n) is 4.31. The first-order chi connectivity index (χ1) is 16.2. The quantitative estimate of drug-likeness (QED) is 0.299. The van der Waals surface area contributed by atoms with Crippen molar-refractivity contribution in [2.45, 2.75) is 38.3 Å². The second-order valence-corrected chi connectivity index (χ2v) is 8.72. The van der Waals surface area contributed by atoms with Crippen LogP contribution in [-0.4, -0.2) is 29.7 Å². The third-order valence-electron chi connectivity index (χ3n) is 5.94. The minimum Gasteiger partial charge on any atom is -0.361 e. The van der Waals surface area contributed by atoms with Gasteiger partial charge in [0.15, 0.2) is 0 Å². The maximum Gasteiger partial charge on any atom is 0.150 e. The number of benzene rings is 2. The number of para-hydroxylation sites is 1. The predicted octanol–water partition coefficient (Wildman–Crippen LogP) is 4.60. The molecule has 0 saturated carbocycles. The Morgan fingerprint density at radius 2 is 1.97 bits per heavy atom. The van der Waals surface area contributed by atoms with Gasteiger partial charge in [0.2, 0.25) is 0 Å². The van der Waals surface area contributed by atoms with Crippen molar-refractivity contribution in [3.8, 4) is 0 Å². The van der Waals surface area contributed by atoms with Crippen molar-refractivity contribution in [3.63, 3.8) is 0 Å². The molecule has 0 bridgehead atoms. The monoisotopic (exact) mass is 459 g/mol. The molecule has 3 heterocycles. The summed E-state index contributed by atoms with van der Waals surface area (Å²) in [6.07, 6.45) is 8.76. The molecule has 0 saturated heterocycles. The van der Waals surface area contributed by atoms with E-state index in [1.807, 2.05) is 42.7 Å². The first-order valence-electron chi connectivity index (χ1n) is 11.1. The van der Waals surface area contributed by atoms with E-state index in [1.54, 1.807) is 6.33 Å². The maximum atomic E-state index is 6.70. The Balaban J connectivity index is 1.40. The SMILES string of the molecule is N[C@H](Cc1c[nH]c2ccccc12)c1nnc(Cc2cccc(Cl)c2)n1CCCc1cnc[nH]1. The molecule has 33 heavy (non-hydrogen) atoms. The lowest BCUT2D eigenvalue weighted by Gasteiger charge is -2.15. The van der Waals surface area contributed by atoms with Crippen LogP contribution in [0, 0.1) is 0 Å². The molecule has 7 nitrogen and oxygen atoms in total. The van der Waals surface area contributed by atoms with Gasteiger partial charge in [0.05, 0.1) is 12.4 Å². The highest BCUT2D eigenvalue weighted by atomic mass is 35.5. The molecule has 8 heteroatoms. The summed E-state index contributed by atoms with van der Waals surface area (Å²) in [5.74, 6) is 1.70. The van der Waals surface area contributed by atoms with Crippen molar-refractivity contribution in [2.24, 2.45) is 5.73 Å². The number of hydrogen-bond donors (Lipinski definition) is 3. The minimum atomic E-state index is -0.267. The molecular formula is C25H26ClN7. The Kier molecular flexibility index (Phi) is 6.24. The predicted molar refractivity (Wildman–Crippen MR) is 130 cm³/mol. The summed E-state index contributed by atoms with van der Waals surface area (Å²) in [5, 5.41) is 11.0. The molecule has 5 aromatic rings. The summed E-state index contributed by atoms with van der Waals surface area (Å²) in [4.78, 5) is 10.6. The zero-order valence-electron chi connectivity index (χ0n) is 18.2. The van der Waals surface area contributed by atoms with Crippen LogP contribution in [0.4, 0.5) is 0 Å². The van der Waals surface area contributed by atoms with E-state index in [-0.39, 0.29) is 6.04 Å². The van der Waals surface area contributed by atoms with Crippen LogP contribution in [0.25, 0.3) is 10.9 Å². The fourth-order valence-corrected chi connectivity index (χ4v) is 4.52. The molecule has 5 rings (SSSR count). The standard InChI is InChI=1S/C25H26ClN7/c26-19-6-3-5-17(11-19)12-24-31-32-25(33(24)10-4-7-20-15-28-16-30-20)22(27)13-18-14-29-23-9-2-1-8-21(18)23/h1-3,5-6,8-9,11,14-16,22,29H,4,7,10,12-13,27H2,(H,28,30)/t22-/m1/s1. The highest BCUT2D eigenvalue weighted by Gasteiger charge is 2.20. The van der Waals surface area contributed by atoms with Crippen LogP contribution in [0.3, 0.4) is 0 Å². The number of nitrogens with zero attached hydrogens (tertiary/aromatic N) is 4. The number of imidazole rings is 1. The average molecular weight is 460 g/mol. The molecule has 0 spiro atoms. The van der Waals surface area contributed by atoms with Crippen LogP contribution < -0.4 is 5.73 Å². The first kappa shape index (κ1) is 21.4. The third-order valence-corrected chi connectivity index (χ3v) is 6.17. The highest BCUT2D eigenvalue weighted by Crippen LogP contribution is 2.24. The highest BCUT2D eigenvalue weighted by molar-refractivity contribution is 6.30. The zero-order chi connectivity index (χ0) is 22.6. The summed E-state index contributed by atoms with van der Waals surface area (Å²) in [5.41, 5.74) is 11.2. The van der Waals surface area contributed by atoms with E-state index < -0.39 is 0 Å². The van der Waals surface area contributed by atoms with E-state index in [0.717, 1.165) is 47.8 Å². The molecule has 0 unspecified atom stereocenters. The van der Waals surface area contributed by atoms with E-state index >= 15 is 0 Å². The number of hydrogen-bond acceptors (Lipinski definition) is 4. The molecule has 168 valence electrons. The second-order valence-electron chi connectivity index (χ2n) is 8.28. The molecule has 0 aliphatic carbocycles. The molecule has 0 amide bonds. The van der Waals surface area contributed by atoms with Gasteiger partial charge in [0.1, 0.15) is 11.6 Å². The molecule has 3 aromatic heterocycles. The maximum absolute atomic E-state index is 6.70. The van der Waals surface area contributed by atoms with Gasteiger partial charge >= 0.3 is 0 Å². The van der Waals surface area contributed by atoms with Crippen molar-refractivity contribution in [1.82, 2.24) is 29.7 Å². The van der Waals surface area contributed by atoms with Crippen LogP contribution in [0.2, 0.25) is 5.02 Å². The van der Waals surface area contributed by atoms with Gasteiger partial charge in [-0.2, -0.15) is 0 Å². The van der Waals surface area contributed by atoms with Crippen LogP contribution in [0.1, 0.15) is 40.9 Å². The Hall–Kier alpha value is -3.42. The van der Waals surface area contributed by atoms with Gasteiger partial charge in [-0.25, -0.2) is 4.98 Å². The van der Waals surface area contributed by atoms with Crippen molar-refractivity contribution < 1.29 is 0 Å². The lowest BCUT2D eigenvalue weighted by Crippen LogP contribution is -2.20. The van der Waals surface area contributed by atoms with E-state index in [0.29, 0.717) is 17.9 Å². The number of nitrogens with two attached hydrogens (primary N) is 1. The van der Waals surface area contributed by atoms with E-state index in [4.69, 9.17) is 17.3 Å². The normalized spacial score (nSPS) is 12.4. The van der Waals surface area contributed by atoms with Crippen LogP contribution >= 0.6 is 11.6 Å². The number of aromatic nitrogens is 6. The lowest BCUT2D eigenvalue weighted by atomic mass is 10.0. The van der Waals surface area contributed by atoms with Gasteiger partial charge in [-0.3, -0.25) is 0 Å². The number of aryl methyl sites for hydroxylation is 1. The molecule has 4 N–H and O–H groups in total. The van der Waals surface area contributed by atoms with Gasteiger partial charge in [-0.1, -0.05) is 41.9 Å². The second kappa shape index (κ2) is 9.60. The van der Waals surface area contributed by atoms with Crippen LogP contribution in [0.5, 0.6) is 0 Å². The largest absolute Gasteiger partial charge is 0.361 e. The molecule has 0 aliphatic rings. The molecule has 2 aromatic carbocycles. The Morgan fingerprint density at radius 1 is 1.06 bits per heavy atom. The van der Waals surface area contributed by atoms with Gasteiger partial charge < -0.3 is 20.3 Å². The third kappa shape index (κ3) is 4.84. The van der Waals surface area contributed by atoms with Gasteiger partial charge in [0.25, 0.3) is 0 Å². The number of fused-ring (bicyclic) bond motifs is 1. The Morgan fingerprint density at radius 3 is 2.82 bits per heavy atom. The van der Waals surface area contributed by atoms with Gasteiger partial charge in [-0.05, 0) is 48.6 Å². The summed E-state index contributed by atoms with van der Waals surface area (Å²) in [6.45, 7) is 0.777. The van der Waals surface area contributed by atoms with Gasteiger partial charge in [0, 0.05) is 47.0 Å². The van der Waals surface area contributed by atoms with E-state index in [9.17, 15) is 0 Å².